The van der Waals surface area contributed by atoms with E-state index in [9.17, 15) is 9.59 Å². The first-order chi connectivity index (χ1) is 15.6. The number of nitrogen functional groups attached to an aromatic ring is 1. The first-order valence-corrected chi connectivity index (χ1v) is 11.9. The molecule has 0 saturated carbocycles. The monoisotopic (exact) mass is 464 g/mol. The molecule has 2 aliphatic rings. The molecule has 0 bridgehead atoms. The van der Waals surface area contributed by atoms with Crippen LogP contribution in [0.4, 0.5) is 5.13 Å². The number of nitrogens with zero attached hydrogens (tertiary/aromatic N) is 3. The fraction of sp³-hybridized carbons (Fsp3) is 0.217. The van der Waals surface area contributed by atoms with Crippen molar-refractivity contribution in [3.8, 4) is 0 Å². The van der Waals surface area contributed by atoms with Gasteiger partial charge in [0.05, 0.1) is 0 Å². The topological polar surface area (TPSA) is 98.4 Å². The van der Waals surface area contributed by atoms with Crippen LogP contribution in [0.5, 0.6) is 0 Å². The zero-order valence-corrected chi connectivity index (χ0v) is 18.6. The predicted molar refractivity (Wildman–Crippen MR) is 123 cm³/mol. The highest BCUT2D eigenvalue weighted by Crippen LogP contribution is 2.44. The van der Waals surface area contributed by atoms with Crippen molar-refractivity contribution in [2.75, 3.05) is 5.73 Å². The smallest absolute Gasteiger partial charge is 0.356 e. The Morgan fingerprint density at radius 3 is 2.31 bits per heavy atom. The van der Waals surface area contributed by atoms with Crippen LogP contribution >= 0.6 is 23.1 Å². The van der Waals surface area contributed by atoms with Crippen LogP contribution in [0.3, 0.4) is 0 Å². The predicted octanol–water partition coefficient (Wildman–Crippen LogP) is 4.15. The van der Waals surface area contributed by atoms with E-state index < -0.39 is 12.1 Å². The summed E-state index contributed by atoms with van der Waals surface area (Å²) in [6.07, 6.45) is 1.35. The van der Waals surface area contributed by atoms with E-state index in [-0.39, 0.29) is 11.9 Å². The summed E-state index contributed by atoms with van der Waals surface area (Å²) < 4.78 is 6.71. The summed E-state index contributed by atoms with van der Waals surface area (Å²) in [5.41, 5.74) is 7.75. The maximum atomic E-state index is 13.6. The summed E-state index contributed by atoms with van der Waals surface area (Å²) in [4.78, 5) is 28.3. The molecule has 1 fully saturated rings. The van der Waals surface area contributed by atoms with E-state index in [2.05, 4.69) is 10.2 Å². The number of esters is 1. The number of benzene rings is 2. The van der Waals surface area contributed by atoms with Gasteiger partial charge < -0.3 is 15.4 Å². The Morgan fingerprint density at radius 2 is 1.75 bits per heavy atom. The third-order valence-corrected chi connectivity index (χ3v) is 7.46. The van der Waals surface area contributed by atoms with Crippen molar-refractivity contribution >= 4 is 40.1 Å². The summed E-state index contributed by atoms with van der Waals surface area (Å²) in [6.45, 7) is 0. The first-order valence-electron chi connectivity index (χ1n) is 10.2. The zero-order valence-electron chi connectivity index (χ0n) is 17.0. The number of rotatable bonds is 6. The lowest BCUT2D eigenvalue weighted by atomic mass is 9.91. The van der Waals surface area contributed by atoms with Crippen molar-refractivity contribution < 1.29 is 14.3 Å². The molecule has 162 valence electrons. The molecule has 9 heteroatoms. The van der Waals surface area contributed by atoms with Crippen molar-refractivity contribution in [3.63, 3.8) is 0 Å². The van der Waals surface area contributed by atoms with Gasteiger partial charge in [-0.3, -0.25) is 4.79 Å². The minimum atomic E-state index is -0.586. The highest BCUT2D eigenvalue weighted by Gasteiger charge is 2.46. The number of β-lactam (4-membered cyclic amide) rings is 1. The number of carbonyl (C=O) groups is 2. The Balaban J connectivity index is 1.50. The van der Waals surface area contributed by atoms with Crippen molar-refractivity contribution in [2.24, 2.45) is 0 Å². The molecule has 2 aromatic carbocycles. The Labute approximate surface area is 193 Å². The van der Waals surface area contributed by atoms with Gasteiger partial charge in [0.1, 0.15) is 5.70 Å². The van der Waals surface area contributed by atoms with Crippen LogP contribution in [-0.2, 0) is 14.3 Å². The Bertz CT molecular complexity index is 1140. The third-order valence-electron chi connectivity index (χ3n) is 5.51. The lowest BCUT2D eigenvalue weighted by Gasteiger charge is -2.45. The second-order valence-electron chi connectivity index (χ2n) is 7.55. The van der Waals surface area contributed by atoms with Crippen LogP contribution in [0.2, 0.25) is 0 Å². The maximum absolute atomic E-state index is 13.6. The number of fused-ring (bicyclic) bond motifs is 1. The number of hydrogen-bond acceptors (Lipinski definition) is 8. The van der Waals surface area contributed by atoms with E-state index in [1.54, 1.807) is 4.90 Å². The van der Waals surface area contributed by atoms with E-state index in [0.717, 1.165) is 22.5 Å². The molecule has 7 nitrogen and oxygen atoms in total. The summed E-state index contributed by atoms with van der Waals surface area (Å²) in [5, 5.41) is 8.27. The van der Waals surface area contributed by atoms with Crippen molar-refractivity contribution in [1.82, 2.24) is 15.1 Å². The fourth-order valence-corrected chi connectivity index (χ4v) is 5.85. The van der Waals surface area contributed by atoms with Gasteiger partial charge in [-0.2, -0.15) is 0 Å². The minimum Gasteiger partial charge on any atom is -0.448 e. The van der Waals surface area contributed by atoms with Gasteiger partial charge >= 0.3 is 5.97 Å². The first kappa shape index (κ1) is 20.7. The number of thioether (sulfide) groups is 1. The quantitative estimate of drug-likeness (QED) is 0.432. The molecule has 32 heavy (non-hydrogen) atoms. The highest BCUT2D eigenvalue weighted by atomic mass is 32.2. The van der Waals surface area contributed by atoms with E-state index in [1.807, 2.05) is 60.7 Å². The number of nitrogens with two attached hydrogens (primary N) is 1. The molecule has 1 unspecified atom stereocenters. The van der Waals surface area contributed by atoms with Gasteiger partial charge in [0.15, 0.2) is 10.4 Å². The molecule has 1 saturated heterocycles. The largest absolute Gasteiger partial charge is 0.448 e. The molecule has 0 radical (unpaired) electrons. The van der Waals surface area contributed by atoms with Gasteiger partial charge in [0, 0.05) is 17.4 Å². The molecular formula is C23H20N4O3S2. The molecule has 1 atom stereocenters. The van der Waals surface area contributed by atoms with Crippen LogP contribution in [0.1, 0.15) is 36.5 Å². The molecule has 5 rings (SSSR count). The molecule has 2 N–H and O–H groups in total. The van der Waals surface area contributed by atoms with E-state index in [1.165, 1.54) is 23.1 Å². The molecule has 1 aromatic heterocycles. The second-order valence-corrected chi connectivity index (χ2v) is 9.90. The molecular weight excluding hydrogens is 444 g/mol. The number of anilines is 1. The van der Waals surface area contributed by atoms with Gasteiger partial charge in [-0.15, -0.1) is 10.2 Å². The normalized spacial score (nSPS) is 17.8. The SMILES string of the molecule is Nc1nnc(SC2=C(C(=O)OC(c3ccccc3)c3ccccc3)N3C(=O)CC3CC2)s1. The van der Waals surface area contributed by atoms with Crippen LogP contribution in [0, 0.1) is 0 Å². The average Bonchev–Trinajstić information content (AvgIpc) is 3.23. The second kappa shape index (κ2) is 8.76. The average molecular weight is 465 g/mol. The van der Waals surface area contributed by atoms with Crippen LogP contribution in [0.15, 0.2) is 75.6 Å². The van der Waals surface area contributed by atoms with Gasteiger partial charge in [0.25, 0.3) is 0 Å². The van der Waals surface area contributed by atoms with Crippen molar-refractivity contribution in [2.45, 2.75) is 35.7 Å². The number of aromatic nitrogens is 2. The molecule has 0 spiro atoms. The third kappa shape index (κ3) is 4.01. The maximum Gasteiger partial charge on any atom is 0.356 e. The fourth-order valence-electron chi connectivity index (χ4n) is 4.00. The molecule has 0 aliphatic carbocycles. The van der Waals surface area contributed by atoms with Gasteiger partial charge in [-0.1, -0.05) is 83.8 Å². The molecule has 1 amide bonds. The van der Waals surface area contributed by atoms with Crippen molar-refractivity contribution in [3.05, 3.63) is 82.4 Å². The number of hydrogen-bond donors (Lipinski definition) is 1. The van der Waals surface area contributed by atoms with E-state index in [4.69, 9.17) is 10.5 Å². The standard InChI is InChI=1S/C23H20N4O3S2/c24-22-25-26-23(32-22)31-17-12-11-16-13-18(28)27(16)19(17)21(29)30-20(14-7-3-1-4-8-14)15-9-5-2-6-10-15/h1-10,16,20H,11-13H2,(H2,24,25). The van der Waals surface area contributed by atoms with Crippen LogP contribution in [0.25, 0.3) is 0 Å². The minimum absolute atomic E-state index is 0.0424. The lowest BCUT2D eigenvalue weighted by Crippen LogP contribution is -2.55. The number of ether oxygens (including phenoxy) is 1. The Hall–Kier alpha value is -3.17. The summed E-state index contributed by atoms with van der Waals surface area (Å²) in [6, 6.07) is 19.2. The van der Waals surface area contributed by atoms with Crippen molar-refractivity contribution in [1.29, 1.82) is 0 Å². The Kier molecular flexibility index (Phi) is 5.67. The van der Waals surface area contributed by atoms with Crippen LogP contribution < -0.4 is 5.73 Å². The summed E-state index contributed by atoms with van der Waals surface area (Å²) in [5.74, 6) is -0.576. The van der Waals surface area contributed by atoms with Gasteiger partial charge in [-0.25, -0.2) is 4.79 Å². The molecule has 2 aliphatic heterocycles. The lowest BCUT2D eigenvalue weighted by molar-refractivity contribution is -0.154. The van der Waals surface area contributed by atoms with Gasteiger partial charge in [0.2, 0.25) is 11.0 Å². The summed E-state index contributed by atoms with van der Waals surface area (Å²) >= 11 is 2.58. The zero-order chi connectivity index (χ0) is 22.1. The van der Waals surface area contributed by atoms with E-state index in [0.29, 0.717) is 28.0 Å². The number of amides is 1. The number of allylic oxidation sites excluding steroid dienone is 1. The molecule has 3 heterocycles. The number of carbonyl (C=O) groups excluding carboxylic acids is 2. The van der Waals surface area contributed by atoms with E-state index >= 15 is 0 Å². The summed E-state index contributed by atoms with van der Waals surface area (Å²) in [7, 11) is 0. The molecule has 3 aromatic rings. The highest BCUT2D eigenvalue weighted by molar-refractivity contribution is 8.04. The van der Waals surface area contributed by atoms with Crippen LogP contribution in [-0.4, -0.2) is 33.0 Å². The van der Waals surface area contributed by atoms with Gasteiger partial charge in [-0.05, 0) is 24.0 Å². The Morgan fingerprint density at radius 1 is 1.09 bits per heavy atom.